The quantitative estimate of drug-likeness (QED) is 0.833. The molecule has 26 heavy (non-hydrogen) atoms. The molecule has 1 aromatic carbocycles. The van der Waals surface area contributed by atoms with Crippen LogP contribution in [0, 0.1) is 12.8 Å². The molecule has 3 N–H and O–H groups in total. The third kappa shape index (κ3) is 5.05. The van der Waals surface area contributed by atoms with Gasteiger partial charge >= 0.3 is 0 Å². The predicted molar refractivity (Wildman–Crippen MR) is 103 cm³/mol. The Balaban J connectivity index is 1.38. The molecule has 0 aliphatic heterocycles. The van der Waals surface area contributed by atoms with E-state index < -0.39 is 0 Å². The van der Waals surface area contributed by atoms with Crippen molar-refractivity contribution in [3.63, 3.8) is 0 Å². The third-order valence-electron chi connectivity index (χ3n) is 5.03. The molecule has 1 heterocycles. The predicted octanol–water partition coefficient (Wildman–Crippen LogP) is 3.48. The molecular formula is C21H27N3O2. The van der Waals surface area contributed by atoms with Crippen molar-refractivity contribution in [3.8, 4) is 0 Å². The molecule has 0 saturated heterocycles. The van der Waals surface area contributed by atoms with Crippen molar-refractivity contribution < 1.29 is 9.53 Å². The lowest BCUT2D eigenvalue weighted by Crippen LogP contribution is -2.33. The molecule has 1 amide bonds. The SMILES string of the molecule is Cc1ccc(COC2CCC(CNC(=O)c3cccnc3N)CC2)cc1. The highest BCUT2D eigenvalue weighted by Crippen LogP contribution is 2.26. The van der Waals surface area contributed by atoms with E-state index in [0.717, 1.165) is 25.7 Å². The average molecular weight is 353 g/mol. The molecule has 1 aliphatic carbocycles. The number of ether oxygens (including phenoxy) is 1. The Morgan fingerprint density at radius 2 is 1.92 bits per heavy atom. The van der Waals surface area contributed by atoms with Crippen molar-refractivity contribution in [3.05, 3.63) is 59.3 Å². The molecule has 1 fully saturated rings. The maximum absolute atomic E-state index is 12.2. The number of carbonyl (C=O) groups excluding carboxylic acids is 1. The van der Waals surface area contributed by atoms with Crippen LogP contribution in [0.4, 0.5) is 5.82 Å². The molecule has 5 nitrogen and oxygen atoms in total. The Morgan fingerprint density at radius 3 is 2.62 bits per heavy atom. The minimum absolute atomic E-state index is 0.145. The van der Waals surface area contributed by atoms with Crippen molar-refractivity contribution in [2.24, 2.45) is 5.92 Å². The zero-order chi connectivity index (χ0) is 18.4. The lowest BCUT2D eigenvalue weighted by Gasteiger charge is -2.28. The summed E-state index contributed by atoms with van der Waals surface area (Å²) in [5, 5.41) is 2.99. The maximum Gasteiger partial charge on any atom is 0.255 e. The second-order valence-corrected chi connectivity index (χ2v) is 7.09. The van der Waals surface area contributed by atoms with E-state index in [0.29, 0.717) is 30.7 Å². The molecule has 0 unspecified atom stereocenters. The van der Waals surface area contributed by atoms with Crippen LogP contribution in [0.5, 0.6) is 0 Å². The number of aryl methyl sites for hydroxylation is 1. The van der Waals surface area contributed by atoms with Crippen LogP contribution in [-0.4, -0.2) is 23.5 Å². The molecule has 138 valence electrons. The summed E-state index contributed by atoms with van der Waals surface area (Å²) in [7, 11) is 0. The van der Waals surface area contributed by atoms with Crippen LogP contribution in [0.1, 0.15) is 47.2 Å². The summed E-state index contributed by atoms with van der Waals surface area (Å²) in [5.41, 5.74) is 8.69. The van der Waals surface area contributed by atoms with E-state index in [1.807, 2.05) is 0 Å². The van der Waals surface area contributed by atoms with Gasteiger partial charge in [0.15, 0.2) is 0 Å². The molecule has 1 saturated carbocycles. The first-order valence-electron chi connectivity index (χ1n) is 9.27. The van der Waals surface area contributed by atoms with Crippen molar-refractivity contribution >= 4 is 11.7 Å². The Morgan fingerprint density at radius 1 is 1.19 bits per heavy atom. The molecule has 5 heteroatoms. The molecule has 2 aromatic rings. The Kier molecular flexibility index (Phi) is 6.23. The Labute approximate surface area is 155 Å². The van der Waals surface area contributed by atoms with E-state index in [9.17, 15) is 4.79 Å². The van der Waals surface area contributed by atoms with E-state index in [-0.39, 0.29) is 11.7 Å². The molecule has 1 aromatic heterocycles. The van der Waals surface area contributed by atoms with Gasteiger partial charge in [-0.1, -0.05) is 29.8 Å². The zero-order valence-electron chi connectivity index (χ0n) is 15.3. The van der Waals surface area contributed by atoms with Gasteiger partial charge in [-0.2, -0.15) is 0 Å². The second-order valence-electron chi connectivity index (χ2n) is 7.09. The van der Waals surface area contributed by atoms with Gasteiger partial charge < -0.3 is 15.8 Å². The largest absolute Gasteiger partial charge is 0.383 e. The van der Waals surface area contributed by atoms with Gasteiger partial charge in [-0.25, -0.2) is 4.98 Å². The minimum Gasteiger partial charge on any atom is -0.383 e. The molecule has 0 bridgehead atoms. The van der Waals surface area contributed by atoms with Gasteiger partial charge in [-0.05, 0) is 56.2 Å². The smallest absolute Gasteiger partial charge is 0.255 e. The van der Waals surface area contributed by atoms with Crippen molar-refractivity contribution in [2.45, 2.75) is 45.3 Å². The first kappa shape index (κ1) is 18.4. The number of pyridine rings is 1. The van der Waals surface area contributed by atoms with Crippen LogP contribution < -0.4 is 11.1 Å². The fourth-order valence-electron chi connectivity index (χ4n) is 3.34. The summed E-state index contributed by atoms with van der Waals surface area (Å²) < 4.78 is 6.06. The number of carbonyl (C=O) groups is 1. The van der Waals surface area contributed by atoms with Crippen LogP contribution in [0.15, 0.2) is 42.6 Å². The second kappa shape index (κ2) is 8.81. The Bertz CT molecular complexity index is 722. The fraction of sp³-hybridized carbons (Fsp3) is 0.429. The minimum atomic E-state index is -0.145. The zero-order valence-corrected chi connectivity index (χ0v) is 15.3. The monoisotopic (exact) mass is 353 g/mol. The van der Waals surface area contributed by atoms with E-state index >= 15 is 0 Å². The number of nitrogens with zero attached hydrogens (tertiary/aromatic N) is 1. The van der Waals surface area contributed by atoms with Gasteiger partial charge in [-0.3, -0.25) is 4.79 Å². The average Bonchev–Trinajstić information content (AvgIpc) is 2.67. The maximum atomic E-state index is 12.2. The highest BCUT2D eigenvalue weighted by molar-refractivity contribution is 5.98. The van der Waals surface area contributed by atoms with Crippen LogP contribution in [0.25, 0.3) is 0 Å². The number of hydrogen-bond acceptors (Lipinski definition) is 4. The topological polar surface area (TPSA) is 77.2 Å². The van der Waals surface area contributed by atoms with Crippen LogP contribution >= 0.6 is 0 Å². The van der Waals surface area contributed by atoms with Gasteiger partial charge in [0.05, 0.1) is 18.3 Å². The summed E-state index contributed by atoms with van der Waals surface area (Å²) in [6, 6.07) is 11.9. The van der Waals surface area contributed by atoms with Gasteiger partial charge in [0, 0.05) is 12.7 Å². The number of nitrogens with two attached hydrogens (primary N) is 1. The molecule has 0 atom stereocenters. The normalized spacial score (nSPS) is 19.9. The number of aromatic nitrogens is 1. The number of amides is 1. The van der Waals surface area contributed by atoms with Gasteiger partial charge in [0.25, 0.3) is 5.91 Å². The summed E-state index contributed by atoms with van der Waals surface area (Å²) >= 11 is 0. The number of hydrogen-bond donors (Lipinski definition) is 2. The lowest BCUT2D eigenvalue weighted by molar-refractivity contribution is 0.00730. The molecule has 1 aliphatic rings. The molecule has 3 rings (SSSR count). The van der Waals surface area contributed by atoms with Crippen molar-refractivity contribution in [2.75, 3.05) is 12.3 Å². The van der Waals surface area contributed by atoms with Gasteiger partial charge in [0.1, 0.15) is 5.82 Å². The lowest BCUT2D eigenvalue weighted by atomic mass is 9.87. The Hall–Kier alpha value is -2.40. The highest BCUT2D eigenvalue weighted by Gasteiger charge is 2.22. The number of rotatable bonds is 6. The number of benzene rings is 1. The van der Waals surface area contributed by atoms with Crippen LogP contribution in [0.2, 0.25) is 0 Å². The van der Waals surface area contributed by atoms with E-state index in [4.69, 9.17) is 10.5 Å². The van der Waals surface area contributed by atoms with E-state index in [1.54, 1.807) is 18.3 Å². The summed E-state index contributed by atoms with van der Waals surface area (Å²) in [5.74, 6) is 0.627. The summed E-state index contributed by atoms with van der Waals surface area (Å²) in [4.78, 5) is 16.2. The first-order valence-corrected chi connectivity index (χ1v) is 9.27. The standard InChI is InChI=1S/C21H27N3O2/c1-15-4-6-17(7-5-15)14-26-18-10-8-16(9-11-18)13-24-21(25)19-3-2-12-23-20(19)22/h2-7,12,16,18H,8-11,13-14H2,1H3,(H2,22,23)(H,24,25). The van der Waals surface area contributed by atoms with Gasteiger partial charge in [-0.15, -0.1) is 0 Å². The van der Waals surface area contributed by atoms with Crippen molar-refractivity contribution in [1.82, 2.24) is 10.3 Å². The van der Waals surface area contributed by atoms with E-state index in [1.165, 1.54) is 11.1 Å². The molecule has 0 radical (unpaired) electrons. The highest BCUT2D eigenvalue weighted by atomic mass is 16.5. The summed E-state index contributed by atoms with van der Waals surface area (Å²) in [6.07, 6.45) is 6.13. The molecule has 0 spiro atoms. The number of nitrogens with one attached hydrogen (secondary N) is 1. The number of nitrogen functional groups attached to an aromatic ring is 1. The number of anilines is 1. The summed E-state index contributed by atoms with van der Waals surface area (Å²) in [6.45, 7) is 3.44. The fourth-order valence-corrected chi connectivity index (χ4v) is 3.34. The third-order valence-corrected chi connectivity index (χ3v) is 5.03. The first-order chi connectivity index (χ1) is 12.6. The molecular weight excluding hydrogens is 326 g/mol. The van der Waals surface area contributed by atoms with Crippen LogP contribution in [-0.2, 0) is 11.3 Å². The van der Waals surface area contributed by atoms with Gasteiger partial charge in [0.2, 0.25) is 0 Å². The van der Waals surface area contributed by atoms with E-state index in [2.05, 4.69) is 41.5 Å². The van der Waals surface area contributed by atoms with Crippen molar-refractivity contribution in [1.29, 1.82) is 0 Å². The van der Waals surface area contributed by atoms with Crippen LogP contribution in [0.3, 0.4) is 0 Å².